The summed E-state index contributed by atoms with van der Waals surface area (Å²) >= 11 is 0. The average Bonchev–Trinajstić information content (AvgIpc) is 2.78. The van der Waals surface area contributed by atoms with E-state index >= 15 is 0 Å². The molecular formula is C16H24N2O2. The second-order valence-corrected chi connectivity index (χ2v) is 6.33. The first-order valence-corrected chi connectivity index (χ1v) is 7.22. The molecule has 1 heterocycles. The maximum absolute atomic E-state index is 12.3. The molecule has 2 unspecified atom stereocenters. The van der Waals surface area contributed by atoms with Gasteiger partial charge in [0.1, 0.15) is 0 Å². The van der Waals surface area contributed by atoms with Gasteiger partial charge in [0.2, 0.25) is 5.91 Å². The number of carbonyl (C=O) groups is 1. The zero-order valence-electron chi connectivity index (χ0n) is 12.4. The van der Waals surface area contributed by atoms with E-state index in [2.05, 4.69) is 24.5 Å². The smallest absolute Gasteiger partial charge is 0.229 e. The molecule has 0 bridgehead atoms. The maximum atomic E-state index is 12.3. The fourth-order valence-corrected chi connectivity index (χ4v) is 2.87. The van der Waals surface area contributed by atoms with Crippen LogP contribution >= 0.6 is 0 Å². The van der Waals surface area contributed by atoms with Crippen LogP contribution in [0.1, 0.15) is 38.7 Å². The van der Waals surface area contributed by atoms with E-state index in [0.29, 0.717) is 25.4 Å². The Morgan fingerprint density at radius 3 is 2.90 bits per heavy atom. The number of fused-ring (bicyclic) bond motifs is 1. The molecule has 0 saturated heterocycles. The fourth-order valence-electron chi connectivity index (χ4n) is 2.87. The zero-order valence-corrected chi connectivity index (χ0v) is 12.4. The molecule has 0 aliphatic carbocycles. The van der Waals surface area contributed by atoms with Crippen LogP contribution in [0.3, 0.4) is 0 Å². The SMILES string of the molecule is CC(C)CC(C)(O)CNC(=O)C1CNc2ccccc21. The summed E-state index contributed by atoms with van der Waals surface area (Å²) in [7, 11) is 0. The van der Waals surface area contributed by atoms with Crippen LogP contribution in [0.2, 0.25) is 0 Å². The van der Waals surface area contributed by atoms with E-state index in [0.717, 1.165) is 11.3 Å². The molecule has 1 aromatic carbocycles. The van der Waals surface area contributed by atoms with Crippen molar-refractivity contribution in [2.45, 2.75) is 38.7 Å². The number of aliphatic hydroxyl groups is 1. The molecule has 0 spiro atoms. The summed E-state index contributed by atoms with van der Waals surface area (Å²) < 4.78 is 0. The van der Waals surface area contributed by atoms with E-state index in [1.807, 2.05) is 24.3 Å². The first-order valence-electron chi connectivity index (χ1n) is 7.22. The summed E-state index contributed by atoms with van der Waals surface area (Å²) in [6.45, 7) is 6.81. The van der Waals surface area contributed by atoms with Gasteiger partial charge in [-0.15, -0.1) is 0 Å². The number of carbonyl (C=O) groups excluding carboxylic acids is 1. The van der Waals surface area contributed by atoms with Crippen LogP contribution in [0.4, 0.5) is 5.69 Å². The number of hydrogen-bond acceptors (Lipinski definition) is 3. The molecule has 2 rings (SSSR count). The van der Waals surface area contributed by atoms with E-state index in [1.165, 1.54) is 0 Å². The quantitative estimate of drug-likeness (QED) is 0.772. The van der Waals surface area contributed by atoms with E-state index < -0.39 is 5.60 Å². The molecular weight excluding hydrogens is 252 g/mol. The maximum Gasteiger partial charge on any atom is 0.229 e. The second kappa shape index (κ2) is 5.83. The van der Waals surface area contributed by atoms with Crippen LogP contribution < -0.4 is 10.6 Å². The van der Waals surface area contributed by atoms with Gasteiger partial charge in [-0.1, -0.05) is 32.0 Å². The number of benzene rings is 1. The third kappa shape index (κ3) is 3.51. The molecule has 1 aromatic rings. The van der Waals surface area contributed by atoms with Crippen LogP contribution in [-0.4, -0.2) is 29.7 Å². The minimum absolute atomic E-state index is 0.0218. The van der Waals surface area contributed by atoms with Gasteiger partial charge in [-0.3, -0.25) is 4.79 Å². The summed E-state index contributed by atoms with van der Waals surface area (Å²) in [5.41, 5.74) is 1.21. The number of anilines is 1. The van der Waals surface area contributed by atoms with Gasteiger partial charge < -0.3 is 15.7 Å². The summed E-state index contributed by atoms with van der Waals surface area (Å²) in [6, 6.07) is 7.87. The van der Waals surface area contributed by atoms with Crippen LogP contribution in [0.15, 0.2) is 24.3 Å². The first kappa shape index (κ1) is 14.9. The van der Waals surface area contributed by atoms with Gasteiger partial charge in [0.25, 0.3) is 0 Å². The molecule has 3 N–H and O–H groups in total. The lowest BCUT2D eigenvalue weighted by atomic mass is 9.93. The standard InChI is InChI=1S/C16H24N2O2/c1-11(2)8-16(3,20)10-18-15(19)13-9-17-14-7-5-4-6-12(13)14/h4-7,11,13,17,20H,8-10H2,1-3H3,(H,18,19). The number of nitrogens with one attached hydrogen (secondary N) is 2. The summed E-state index contributed by atoms with van der Waals surface area (Å²) in [5, 5.41) is 16.4. The third-order valence-corrected chi connectivity index (χ3v) is 3.64. The minimum atomic E-state index is -0.852. The van der Waals surface area contributed by atoms with Crippen LogP contribution in [0, 0.1) is 5.92 Å². The largest absolute Gasteiger partial charge is 0.388 e. The van der Waals surface area contributed by atoms with Crippen molar-refractivity contribution >= 4 is 11.6 Å². The van der Waals surface area contributed by atoms with Crippen molar-refractivity contribution in [3.8, 4) is 0 Å². The van der Waals surface area contributed by atoms with Crippen molar-refractivity contribution < 1.29 is 9.90 Å². The Morgan fingerprint density at radius 2 is 2.20 bits per heavy atom. The topological polar surface area (TPSA) is 61.4 Å². The molecule has 20 heavy (non-hydrogen) atoms. The van der Waals surface area contributed by atoms with Crippen LogP contribution in [0.25, 0.3) is 0 Å². The lowest BCUT2D eigenvalue weighted by Gasteiger charge is -2.26. The number of rotatable bonds is 5. The first-order chi connectivity index (χ1) is 9.39. The highest BCUT2D eigenvalue weighted by Gasteiger charge is 2.30. The Hall–Kier alpha value is -1.55. The number of hydrogen-bond donors (Lipinski definition) is 3. The monoisotopic (exact) mass is 276 g/mol. The number of amides is 1. The van der Waals surface area contributed by atoms with Gasteiger partial charge in [0.15, 0.2) is 0 Å². The molecule has 1 amide bonds. The van der Waals surface area contributed by atoms with Crippen molar-refractivity contribution in [3.05, 3.63) is 29.8 Å². The Balaban J connectivity index is 1.94. The Labute approximate surface area is 120 Å². The van der Waals surface area contributed by atoms with Crippen molar-refractivity contribution in [2.75, 3.05) is 18.4 Å². The van der Waals surface area contributed by atoms with Crippen LogP contribution in [-0.2, 0) is 4.79 Å². The highest BCUT2D eigenvalue weighted by molar-refractivity contribution is 5.88. The molecule has 0 fully saturated rings. The van der Waals surface area contributed by atoms with Gasteiger partial charge >= 0.3 is 0 Å². The summed E-state index contributed by atoms with van der Waals surface area (Å²) in [5.74, 6) is 0.211. The summed E-state index contributed by atoms with van der Waals surface area (Å²) in [4.78, 5) is 12.3. The molecule has 0 saturated carbocycles. The van der Waals surface area contributed by atoms with Gasteiger partial charge in [0.05, 0.1) is 11.5 Å². The highest BCUT2D eigenvalue weighted by atomic mass is 16.3. The molecule has 4 nitrogen and oxygen atoms in total. The lowest BCUT2D eigenvalue weighted by Crippen LogP contribution is -2.43. The van der Waals surface area contributed by atoms with Crippen LogP contribution in [0.5, 0.6) is 0 Å². The molecule has 0 radical (unpaired) electrons. The predicted octanol–water partition coefficient (Wildman–Crippen LogP) is 2.11. The Kier molecular flexibility index (Phi) is 4.33. The van der Waals surface area contributed by atoms with Crippen molar-refractivity contribution in [1.82, 2.24) is 5.32 Å². The van der Waals surface area contributed by atoms with Gasteiger partial charge in [-0.2, -0.15) is 0 Å². The van der Waals surface area contributed by atoms with Gasteiger partial charge in [-0.25, -0.2) is 0 Å². The molecule has 110 valence electrons. The van der Waals surface area contributed by atoms with Gasteiger partial charge in [-0.05, 0) is 30.9 Å². The molecule has 1 aliphatic heterocycles. The highest BCUT2D eigenvalue weighted by Crippen LogP contribution is 2.31. The van der Waals surface area contributed by atoms with E-state index in [-0.39, 0.29) is 11.8 Å². The summed E-state index contributed by atoms with van der Waals surface area (Å²) in [6.07, 6.45) is 0.673. The molecule has 1 aliphatic rings. The fraction of sp³-hybridized carbons (Fsp3) is 0.562. The molecule has 4 heteroatoms. The number of para-hydroxylation sites is 1. The third-order valence-electron chi connectivity index (χ3n) is 3.64. The molecule has 2 atom stereocenters. The van der Waals surface area contributed by atoms with Crippen molar-refractivity contribution in [1.29, 1.82) is 0 Å². The Bertz CT molecular complexity index is 483. The second-order valence-electron chi connectivity index (χ2n) is 6.33. The van der Waals surface area contributed by atoms with Gasteiger partial charge in [0, 0.05) is 18.8 Å². The van der Waals surface area contributed by atoms with E-state index in [4.69, 9.17) is 0 Å². The lowest BCUT2D eigenvalue weighted by molar-refractivity contribution is -0.123. The van der Waals surface area contributed by atoms with E-state index in [1.54, 1.807) is 6.92 Å². The van der Waals surface area contributed by atoms with E-state index in [9.17, 15) is 9.90 Å². The van der Waals surface area contributed by atoms with Crippen molar-refractivity contribution in [2.24, 2.45) is 5.92 Å². The zero-order chi connectivity index (χ0) is 14.8. The Morgan fingerprint density at radius 1 is 1.50 bits per heavy atom. The normalized spacial score (nSPS) is 20.1. The molecule has 0 aromatic heterocycles. The average molecular weight is 276 g/mol. The van der Waals surface area contributed by atoms with Crippen molar-refractivity contribution in [3.63, 3.8) is 0 Å². The predicted molar refractivity (Wildman–Crippen MR) is 80.8 cm³/mol. The minimum Gasteiger partial charge on any atom is -0.388 e.